The van der Waals surface area contributed by atoms with Crippen molar-refractivity contribution in [3.05, 3.63) is 17.0 Å². The lowest BCUT2D eigenvalue weighted by Crippen LogP contribution is -2.39. The lowest BCUT2D eigenvalue weighted by atomic mass is 10.0. The van der Waals surface area contributed by atoms with Gasteiger partial charge in [0.15, 0.2) is 5.16 Å². The van der Waals surface area contributed by atoms with Crippen molar-refractivity contribution in [1.82, 2.24) is 15.3 Å². The van der Waals surface area contributed by atoms with Crippen LogP contribution in [0.2, 0.25) is 0 Å². The van der Waals surface area contributed by atoms with Gasteiger partial charge in [-0.2, -0.15) is 0 Å². The molecule has 1 N–H and O–H groups in total. The lowest BCUT2D eigenvalue weighted by molar-refractivity contribution is 0.388. The minimum atomic E-state index is 0.223. The summed E-state index contributed by atoms with van der Waals surface area (Å²) in [6, 6.07) is 0. The van der Waals surface area contributed by atoms with Crippen LogP contribution < -0.4 is 5.32 Å². The molecule has 1 aromatic heterocycles. The van der Waals surface area contributed by atoms with Gasteiger partial charge in [0.1, 0.15) is 0 Å². The van der Waals surface area contributed by atoms with Gasteiger partial charge in [-0.05, 0) is 46.6 Å². The predicted molar refractivity (Wildman–Crippen MR) is 79.3 cm³/mol. The van der Waals surface area contributed by atoms with Crippen LogP contribution in [0.1, 0.15) is 44.1 Å². The Morgan fingerprint density at radius 2 is 1.67 bits per heavy atom. The first-order valence-electron chi connectivity index (χ1n) is 6.55. The first-order valence-corrected chi connectivity index (χ1v) is 7.54. The Morgan fingerprint density at radius 3 is 2.17 bits per heavy atom. The summed E-state index contributed by atoms with van der Waals surface area (Å²) in [6.07, 6.45) is 1.14. The third kappa shape index (κ3) is 4.58. The van der Waals surface area contributed by atoms with E-state index in [9.17, 15) is 0 Å². The Labute approximate surface area is 115 Å². The highest BCUT2D eigenvalue weighted by atomic mass is 32.2. The fourth-order valence-electron chi connectivity index (χ4n) is 1.46. The molecule has 0 aliphatic heterocycles. The topological polar surface area (TPSA) is 37.8 Å². The molecule has 0 saturated heterocycles. The highest BCUT2D eigenvalue weighted by Crippen LogP contribution is 2.17. The van der Waals surface area contributed by atoms with Crippen molar-refractivity contribution in [1.29, 1.82) is 0 Å². The van der Waals surface area contributed by atoms with Crippen molar-refractivity contribution < 1.29 is 0 Å². The van der Waals surface area contributed by atoms with Crippen molar-refractivity contribution in [3.8, 4) is 0 Å². The molecular formula is C14H25N3S. The Morgan fingerprint density at radius 1 is 1.11 bits per heavy atom. The van der Waals surface area contributed by atoms with E-state index >= 15 is 0 Å². The van der Waals surface area contributed by atoms with Crippen LogP contribution in [0.4, 0.5) is 0 Å². The number of nitrogens with one attached hydrogen (secondary N) is 1. The summed E-state index contributed by atoms with van der Waals surface area (Å²) in [5.74, 6) is 1.01. The molecule has 0 radical (unpaired) electrons. The molecule has 0 bridgehead atoms. The van der Waals surface area contributed by atoms with Gasteiger partial charge in [-0.3, -0.25) is 0 Å². The first-order chi connectivity index (χ1) is 8.35. The van der Waals surface area contributed by atoms with Crippen molar-refractivity contribution >= 4 is 11.8 Å². The highest BCUT2D eigenvalue weighted by Gasteiger charge is 2.13. The zero-order valence-electron chi connectivity index (χ0n) is 12.4. The number of thioether (sulfide) groups is 1. The van der Waals surface area contributed by atoms with Crippen molar-refractivity contribution in [3.63, 3.8) is 0 Å². The number of aryl methyl sites for hydroxylation is 2. The number of aromatic nitrogens is 2. The Bertz CT molecular complexity index is 379. The van der Waals surface area contributed by atoms with Gasteiger partial charge >= 0.3 is 0 Å². The Hall–Kier alpha value is -0.610. The van der Waals surface area contributed by atoms with E-state index in [1.807, 2.05) is 13.8 Å². The van der Waals surface area contributed by atoms with Gasteiger partial charge in [0, 0.05) is 29.2 Å². The Kier molecular flexibility index (Phi) is 5.60. The van der Waals surface area contributed by atoms with Gasteiger partial charge in [0.25, 0.3) is 0 Å². The normalized spacial score (nSPS) is 11.9. The van der Waals surface area contributed by atoms with Crippen LogP contribution in [0.5, 0.6) is 0 Å². The molecule has 0 unspecified atom stereocenters. The molecule has 102 valence electrons. The summed E-state index contributed by atoms with van der Waals surface area (Å²) in [5.41, 5.74) is 3.60. The van der Waals surface area contributed by atoms with Crippen molar-refractivity contribution in [2.75, 3.05) is 12.3 Å². The van der Waals surface area contributed by atoms with Crippen LogP contribution in [0, 0.1) is 20.8 Å². The number of rotatable bonds is 6. The molecule has 0 aliphatic carbocycles. The second-order valence-corrected chi connectivity index (χ2v) is 6.38. The zero-order chi connectivity index (χ0) is 13.8. The standard InChI is InChI=1S/C14H25N3S/c1-7-14(5,6)15-8-9-18-13-16-11(3)10(2)12(4)17-13/h15H,7-9H2,1-6H3. The molecule has 0 fully saturated rings. The van der Waals surface area contributed by atoms with E-state index in [1.54, 1.807) is 11.8 Å². The van der Waals surface area contributed by atoms with Crippen molar-refractivity contribution in [2.24, 2.45) is 0 Å². The number of nitrogens with zero attached hydrogens (tertiary/aromatic N) is 2. The average molecular weight is 267 g/mol. The maximum atomic E-state index is 4.51. The van der Waals surface area contributed by atoms with E-state index in [-0.39, 0.29) is 5.54 Å². The fourth-order valence-corrected chi connectivity index (χ4v) is 2.25. The van der Waals surface area contributed by atoms with E-state index < -0.39 is 0 Å². The molecule has 0 aromatic carbocycles. The lowest BCUT2D eigenvalue weighted by Gasteiger charge is -2.24. The third-order valence-electron chi connectivity index (χ3n) is 3.43. The summed E-state index contributed by atoms with van der Waals surface area (Å²) in [5, 5.41) is 4.44. The van der Waals surface area contributed by atoms with Crippen LogP contribution in [0.15, 0.2) is 5.16 Å². The minimum absolute atomic E-state index is 0.223. The molecule has 1 rings (SSSR count). The predicted octanol–water partition coefficient (Wildman–Crippen LogP) is 3.27. The Balaban J connectivity index is 2.45. The second kappa shape index (κ2) is 6.53. The quantitative estimate of drug-likeness (QED) is 0.488. The molecule has 18 heavy (non-hydrogen) atoms. The molecule has 1 aromatic rings. The van der Waals surface area contributed by atoms with Gasteiger partial charge in [-0.15, -0.1) is 0 Å². The van der Waals surface area contributed by atoms with E-state index in [2.05, 4.69) is 43.0 Å². The summed E-state index contributed by atoms with van der Waals surface area (Å²) in [4.78, 5) is 9.02. The molecule has 1 heterocycles. The van der Waals surface area contributed by atoms with Gasteiger partial charge in [0.2, 0.25) is 0 Å². The van der Waals surface area contributed by atoms with E-state index in [1.165, 1.54) is 5.56 Å². The van der Waals surface area contributed by atoms with E-state index in [4.69, 9.17) is 0 Å². The maximum absolute atomic E-state index is 4.51. The molecule has 4 heteroatoms. The maximum Gasteiger partial charge on any atom is 0.188 e. The average Bonchev–Trinajstić information content (AvgIpc) is 2.31. The molecule has 0 atom stereocenters. The molecule has 0 aliphatic rings. The van der Waals surface area contributed by atoms with E-state index in [0.29, 0.717) is 0 Å². The van der Waals surface area contributed by atoms with Crippen LogP contribution in [-0.4, -0.2) is 27.8 Å². The summed E-state index contributed by atoms with van der Waals surface area (Å²) in [6.45, 7) is 13.8. The first kappa shape index (κ1) is 15.4. The highest BCUT2D eigenvalue weighted by molar-refractivity contribution is 7.99. The van der Waals surface area contributed by atoms with Gasteiger partial charge in [-0.25, -0.2) is 9.97 Å². The third-order valence-corrected chi connectivity index (χ3v) is 4.28. The molecule has 0 spiro atoms. The summed E-state index contributed by atoms with van der Waals surface area (Å²) >= 11 is 1.72. The SMILES string of the molecule is CCC(C)(C)NCCSc1nc(C)c(C)c(C)n1. The molecule has 3 nitrogen and oxygen atoms in total. The second-order valence-electron chi connectivity index (χ2n) is 5.31. The zero-order valence-corrected chi connectivity index (χ0v) is 13.2. The van der Waals surface area contributed by atoms with E-state index in [0.717, 1.165) is 35.3 Å². The van der Waals surface area contributed by atoms with Crippen LogP contribution >= 0.6 is 11.8 Å². The van der Waals surface area contributed by atoms with Crippen LogP contribution in [0.25, 0.3) is 0 Å². The minimum Gasteiger partial charge on any atom is -0.311 e. The number of hydrogen-bond donors (Lipinski definition) is 1. The number of hydrogen-bond acceptors (Lipinski definition) is 4. The van der Waals surface area contributed by atoms with Gasteiger partial charge in [0.05, 0.1) is 0 Å². The fraction of sp³-hybridized carbons (Fsp3) is 0.714. The van der Waals surface area contributed by atoms with Gasteiger partial charge in [-0.1, -0.05) is 18.7 Å². The molecule has 0 amide bonds. The van der Waals surface area contributed by atoms with Crippen molar-refractivity contribution in [2.45, 2.75) is 58.7 Å². The molecule has 0 saturated carbocycles. The van der Waals surface area contributed by atoms with Crippen LogP contribution in [-0.2, 0) is 0 Å². The summed E-state index contributed by atoms with van der Waals surface area (Å²) < 4.78 is 0. The smallest absolute Gasteiger partial charge is 0.188 e. The largest absolute Gasteiger partial charge is 0.311 e. The van der Waals surface area contributed by atoms with Crippen LogP contribution in [0.3, 0.4) is 0 Å². The monoisotopic (exact) mass is 267 g/mol. The van der Waals surface area contributed by atoms with Gasteiger partial charge < -0.3 is 5.32 Å². The summed E-state index contributed by atoms with van der Waals surface area (Å²) in [7, 11) is 0. The molecular weight excluding hydrogens is 242 g/mol.